The summed E-state index contributed by atoms with van der Waals surface area (Å²) in [6, 6.07) is 15.9. The second-order valence-corrected chi connectivity index (χ2v) is 8.46. The highest BCUT2D eigenvalue weighted by Gasteiger charge is 2.14. The SMILES string of the molecule is CC(C)(C)NC(=O)CN=C(NCCc1ccccc1)Nc1ccc2c(c1)OCCCO2.I. The summed E-state index contributed by atoms with van der Waals surface area (Å²) in [6.45, 7) is 7.83. The number of fused-ring (bicyclic) bond motifs is 1. The minimum absolute atomic E-state index is 0. The molecular weight excluding hydrogens is 519 g/mol. The first-order valence-corrected chi connectivity index (χ1v) is 10.7. The number of halogens is 1. The summed E-state index contributed by atoms with van der Waals surface area (Å²) in [5.41, 5.74) is 1.75. The molecule has 32 heavy (non-hydrogen) atoms. The lowest BCUT2D eigenvalue weighted by atomic mass is 10.1. The summed E-state index contributed by atoms with van der Waals surface area (Å²) in [6.07, 6.45) is 1.70. The molecule has 2 aromatic rings. The van der Waals surface area contributed by atoms with Crippen LogP contribution < -0.4 is 25.4 Å². The normalized spacial score (nSPS) is 13.4. The van der Waals surface area contributed by atoms with Gasteiger partial charge in [0.15, 0.2) is 17.5 Å². The molecule has 174 valence electrons. The van der Waals surface area contributed by atoms with Crippen molar-refractivity contribution >= 4 is 41.5 Å². The first kappa shape index (κ1) is 25.8. The van der Waals surface area contributed by atoms with Gasteiger partial charge in [0, 0.05) is 30.3 Å². The van der Waals surface area contributed by atoms with Crippen LogP contribution in [0.3, 0.4) is 0 Å². The van der Waals surface area contributed by atoms with Gasteiger partial charge >= 0.3 is 0 Å². The van der Waals surface area contributed by atoms with E-state index in [1.165, 1.54) is 5.56 Å². The van der Waals surface area contributed by atoms with Crippen molar-refractivity contribution < 1.29 is 14.3 Å². The van der Waals surface area contributed by atoms with Crippen molar-refractivity contribution in [1.82, 2.24) is 10.6 Å². The van der Waals surface area contributed by atoms with E-state index in [0.717, 1.165) is 24.3 Å². The van der Waals surface area contributed by atoms with Gasteiger partial charge in [-0.05, 0) is 44.9 Å². The third-order valence-electron chi connectivity index (χ3n) is 4.45. The van der Waals surface area contributed by atoms with Gasteiger partial charge in [-0.2, -0.15) is 0 Å². The third-order valence-corrected chi connectivity index (χ3v) is 4.45. The maximum Gasteiger partial charge on any atom is 0.242 e. The van der Waals surface area contributed by atoms with Crippen LogP contribution in [-0.4, -0.2) is 43.7 Å². The molecular formula is C24H33IN4O3. The van der Waals surface area contributed by atoms with Crippen LogP contribution in [0.4, 0.5) is 5.69 Å². The van der Waals surface area contributed by atoms with E-state index >= 15 is 0 Å². The zero-order chi connectivity index (χ0) is 22.1. The van der Waals surface area contributed by atoms with Crippen molar-refractivity contribution in [3.8, 4) is 11.5 Å². The Morgan fingerprint density at radius 2 is 1.75 bits per heavy atom. The second-order valence-electron chi connectivity index (χ2n) is 8.46. The van der Waals surface area contributed by atoms with Gasteiger partial charge in [0.1, 0.15) is 6.54 Å². The molecule has 0 saturated heterocycles. The maximum atomic E-state index is 12.2. The number of aliphatic imine (C=N–C) groups is 1. The van der Waals surface area contributed by atoms with Crippen molar-refractivity contribution in [2.75, 3.05) is 31.6 Å². The fourth-order valence-corrected chi connectivity index (χ4v) is 3.10. The summed E-state index contributed by atoms with van der Waals surface area (Å²) < 4.78 is 11.5. The van der Waals surface area contributed by atoms with Crippen LogP contribution in [-0.2, 0) is 11.2 Å². The molecule has 1 aliphatic rings. The summed E-state index contributed by atoms with van der Waals surface area (Å²) >= 11 is 0. The Kier molecular flexibility index (Phi) is 10.1. The quantitative estimate of drug-likeness (QED) is 0.287. The van der Waals surface area contributed by atoms with E-state index < -0.39 is 0 Å². The van der Waals surface area contributed by atoms with Crippen LogP contribution in [0.1, 0.15) is 32.8 Å². The Hall–Kier alpha value is -2.49. The molecule has 3 N–H and O–H groups in total. The van der Waals surface area contributed by atoms with E-state index in [-0.39, 0.29) is 42.0 Å². The van der Waals surface area contributed by atoms with E-state index in [4.69, 9.17) is 9.47 Å². The number of nitrogens with zero attached hydrogens (tertiary/aromatic N) is 1. The average Bonchev–Trinajstić information content (AvgIpc) is 2.96. The van der Waals surface area contributed by atoms with Crippen molar-refractivity contribution in [3.05, 3.63) is 54.1 Å². The number of carbonyl (C=O) groups excluding carboxylic acids is 1. The molecule has 1 aliphatic heterocycles. The Morgan fingerprint density at radius 3 is 2.47 bits per heavy atom. The molecule has 0 bridgehead atoms. The van der Waals surface area contributed by atoms with Crippen LogP contribution in [0, 0.1) is 0 Å². The molecule has 0 unspecified atom stereocenters. The van der Waals surface area contributed by atoms with E-state index in [2.05, 4.69) is 33.1 Å². The van der Waals surface area contributed by atoms with Crippen LogP contribution in [0.25, 0.3) is 0 Å². The van der Waals surface area contributed by atoms with Gasteiger partial charge in [-0.3, -0.25) is 4.79 Å². The van der Waals surface area contributed by atoms with Crippen LogP contribution in [0.2, 0.25) is 0 Å². The molecule has 0 spiro atoms. The van der Waals surface area contributed by atoms with Crippen molar-refractivity contribution in [1.29, 1.82) is 0 Å². The third kappa shape index (κ3) is 8.94. The highest BCUT2D eigenvalue weighted by molar-refractivity contribution is 14.0. The number of guanidine groups is 1. The van der Waals surface area contributed by atoms with E-state index in [9.17, 15) is 4.79 Å². The van der Waals surface area contributed by atoms with Crippen molar-refractivity contribution in [3.63, 3.8) is 0 Å². The fraction of sp³-hybridized carbons (Fsp3) is 0.417. The Morgan fingerprint density at radius 1 is 1.03 bits per heavy atom. The smallest absolute Gasteiger partial charge is 0.242 e. The molecule has 0 saturated carbocycles. The fourth-order valence-electron chi connectivity index (χ4n) is 3.10. The number of amides is 1. The minimum Gasteiger partial charge on any atom is -0.490 e. The molecule has 0 aliphatic carbocycles. The highest BCUT2D eigenvalue weighted by atomic mass is 127. The molecule has 0 fully saturated rings. The molecule has 8 heteroatoms. The second kappa shape index (κ2) is 12.5. The molecule has 0 aromatic heterocycles. The lowest BCUT2D eigenvalue weighted by Crippen LogP contribution is -2.42. The number of carbonyl (C=O) groups is 1. The summed E-state index contributed by atoms with van der Waals surface area (Å²) in [7, 11) is 0. The van der Waals surface area contributed by atoms with E-state index in [0.29, 0.717) is 31.5 Å². The van der Waals surface area contributed by atoms with Gasteiger partial charge < -0.3 is 25.4 Å². The van der Waals surface area contributed by atoms with Gasteiger partial charge in [0.25, 0.3) is 0 Å². The Bertz CT molecular complexity index is 898. The highest BCUT2D eigenvalue weighted by Crippen LogP contribution is 2.32. The Labute approximate surface area is 207 Å². The average molecular weight is 552 g/mol. The standard InChI is InChI=1S/C24H32N4O3.HI/c1-24(2,3)28-22(29)17-26-23(25-13-12-18-8-5-4-6-9-18)27-19-10-11-20-21(16-19)31-15-7-14-30-20;/h4-6,8-11,16H,7,12-15,17H2,1-3H3,(H,28,29)(H2,25,26,27);1H. The number of nitrogens with one attached hydrogen (secondary N) is 3. The van der Waals surface area contributed by atoms with Gasteiger partial charge in [-0.25, -0.2) is 4.99 Å². The van der Waals surface area contributed by atoms with Gasteiger partial charge in [0.2, 0.25) is 5.91 Å². The molecule has 0 atom stereocenters. The number of rotatable bonds is 6. The molecule has 0 radical (unpaired) electrons. The zero-order valence-electron chi connectivity index (χ0n) is 18.9. The number of anilines is 1. The predicted octanol–water partition coefficient (Wildman–Crippen LogP) is 3.98. The number of benzene rings is 2. The lowest BCUT2D eigenvalue weighted by Gasteiger charge is -2.20. The monoisotopic (exact) mass is 552 g/mol. The predicted molar refractivity (Wildman–Crippen MR) is 139 cm³/mol. The molecule has 7 nitrogen and oxygen atoms in total. The van der Waals surface area contributed by atoms with Gasteiger partial charge in [-0.1, -0.05) is 30.3 Å². The van der Waals surface area contributed by atoms with Crippen LogP contribution in [0.5, 0.6) is 11.5 Å². The Balaban J connectivity index is 0.00000363. The molecule has 1 heterocycles. The van der Waals surface area contributed by atoms with Crippen LogP contribution in [0.15, 0.2) is 53.5 Å². The summed E-state index contributed by atoms with van der Waals surface area (Å²) in [5.74, 6) is 1.85. The maximum absolute atomic E-state index is 12.2. The minimum atomic E-state index is -0.296. The number of hydrogen-bond donors (Lipinski definition) is 3. The zero-order valence-corrected chi connectivity index (χ0v) is 21.3. The van der Waals surface area contributed by atoms with E-state index in [1.807, 2.05) is 57.2 Å². The molecule has 3 rings (SSSR count). The van der Waals surface area contributed by atoms with Crippen molar-refractivity contribution in [2.45, 2.75) is 39.2 Å². The number of hydrogen-bond acceptors (Lipinski definition) is 4. The first-order valence-electron chi connectivity index (χ1n) is 10.7. The summed E-state index contributed by atoms with van der Waals surface area (Å²) in [5, 5.41) is 9.52. The van der Waals surface area contributed by atoms with E-state index in [1.54, 1.807) is 0 Å². The molecule has 1 amide bonds. The molecule has 2 aromatic carbocycles. The summed E-state index contributed by atoms with van der Waals surface area (Å²) in [4.78, 5) is 16.7. The topological polar surface area (TPSA) is 84.0 Å². The first-order chi connectivity index (χ1) is 14.9. The lowest BCUT2D eigenvalue weighted by molar-refractivity contribution is -0.121. The van der Waals surface area contributed by atoms with Crippen LogP contribution >= 0.6 is 24.0 Å². The largest absolute Gasteiger partial charge is 0.490 e. The van der Waals surface area contributed by atoms with Gasteiger partial charge in [-0.15, -0.1) is 24.0 Å². The van der Waals surface area contributed by atoms with Crippen molar-refractivity contribution in [2.24, 2.45) is 4.99 Å². The number of ether oxygens (including phenoxy) is 2. The van der Waals surface area contributed by atoms with Gasteiger partial charge in [0.05, 0.1) is 13.2 Å².